The Bertz CT molecular complexity index is 584. The standard InChI is InChI=1S/C10H6F4IN3O/c11-6-2-1-3-7(4-6)19-9-16-8(15)17-18(9)5-10(12,13)14/h1-4H,5H2. The number of alkyl halides is 3. The van der Waals surface area contributed by atoms with E-state index >= 15 is 0 Å². The number of hydrogen-bond acceptors (Lipinski definition) is 3. The van der Waals surface area contributed by atoms with E-state index in [1.807, 2.05) is 0 Å². The minimum Gasteiger partial charge on any atom is -0.424 e. The number of benzene rings is 1. The van der Waals surface area contributed by atoms with Gasteiger partial charge in [0, 0.05) is 28.7 Å². The van der Waals surface area contributed by atoms with Gasteiger partial charge >= 0.3 is 12.2 Å². The molecule has 0 aliphatic rings. The summed E-state index contributed by atoms with van der Waals surface area (Å²) in [7, 11) is 0. The van der Waals surface area contributed by atoms with Crippen molar-refractivity contribution in [2.45, 2.75) is 12.7 Å². The van der Waals surface area contributed by atoms with Crippen LogP contribution in [-0.4, -0.2) is 20.9 Å². The molecule has 0 spiro atoms. The van der Waals surface area contributed by atoms with Gasteiger partial charge in [0.2, 0.25) is 3.83 Å². The molecule has 0 fully saturated rings. The van der Waals surface area contributed by atoms with Gasteiger partial charge in [-0.1, -0.05) is 6.07 Å². The highest BCUT2D eigenvalue weighted by Crippen LogP contribution is 2.24. The smallest absolute Gasteiger partial charge is 0.408 e. The average molecular weight is 387 g/mol. The van der Waals surface area contributed by atoms with Crippen molar-refractivity contribution in [3.63, 3.8) is 0 Å². The normalized spacial score (nSPS) is 11.6. The lowest BCUT2D eigenvalue weighted by atomic mass is 10.3. The van der Waals surface area contributed by atoms with Crippen molar-refractivity contribution >= 4 is 22.6 Å². The topological polar surface area (TPSA) is 39.9 Å². The Kier molecular flexibility index (Phi) is 3.92. The van der Waals surface area contributed by atoms with Crippen LogP contribution in [0.4, 0.5) is 17.6 Å². The maximum absolute atomic E-state index is 12.9. The van der Waals surface area contributed by atoms with E-state index in [1.165, 1.54) is 18.2 Å². The van der Waals surface area contributed by atoms with Gasteiger partial charge in [-0.3, -0.25) is 0 Å². The van der Waals surface area contributed by atoms with Crippen LogP contribution >= 0.6 is 22.6 Å². The summed E-state index contributed by atoms with van der Waals surface area (Å²) < 4.78 is 55.7. The number of rotatable bonds is 3. The Morgan fingerprint density at radius 2 is 2.05 bits per heavy atom. The van der Waals surface area contributed by atoms with E-state index in [1.54, 1.807) is 22.6 Å². The van der Waals surface area contributed by atoms with E-state index in [4.69, 9.17) is 4.74 Å². The molecule has 102 valence electrons. The van der Waals surface area contributed by atoms with Crippen molar-refractivity contribution < 1.29 is 22.3 Å². The van der Waals surface area contributed by atoms with Gasteiger partial charge in [-0.25, -0.2) is 9.07 Å². The van der Waals surface area contributed by atoms with Crippen LogP contribution in [0.2, 0.25) is 0 Å². The van der Waals surface area contributed by atoms with Crippen molar-refractivity contribution in [1.29, 1.82) is 0 Å². The highest BCUT2D eigenvalue weighted by Gasteiger charge is 2.31. The molecule has 1 heterocycles. The van der Waals surface area contributed by atoms with Crippen molar-refractivity contribution in [3.8, 4) is 11.8 Å². The molecule has 1 aromatic heterocycles. The van der Waals surface area contributed by atoms with E-state index < -0.39 is 18.5 Å². The van der Waals surface area contributed by atoms with Gasteiger partial charge in [0.15, 0.2) is 0 Å². The number of hydrogen-bond donors (Lipinski definition) is 0. The molecule has 0 N–H and O–H groups in total. The molecule has 19 heavy (non-hydrogen) atoms. The largest absolute Gasteiger partial charge is 0.424 e. The van der Waals surface area contributed by atoms with E-state index in [-0.39, 0.29) is 15.6 Å². The summed E-state index contributed by atoms with van der Waals surface area (Å²) in [5.41, 5.74) is 0. The molecular formula is C10H6F4IN3O. The van der Waals surface area contributed by atoms with Crippen molar-refractivity contribution in [2.75, 3.05) is 0 Å². The minimum absolute atomic E-state index is 0.0484. The molecule has 4 nitrogen and oxygen atoms in total. The molecule has 0 bridgehead atoms. The summed E-state index contributed by atoms with van der Waals surface area (Å²) in [5, 5.41) is 3.57. The first kappa shape index (κ1) is 14.0. The highest BCUT2D eigenvalue weighted by atomic mass is 127. The molecule has 0 atom stereocenters. The lowest BCUT2D eigenvalue weighted by Gasteiger charge is -2.09. The van der Waals surface area contributed by atoms with Crippen LogP contribution in [0.5, 0.6) is 11.8 Å². The first-order valence-electron chi connectivity index (χ1n) is 4.94. The minimum atomic E-state index is -4.45. The Morgan fingerprint density at radius 1 is 1.32 bits per heavy atom. The number of halogens is 5. The van der Waals surface area contributed by atoms with Gasteiger partial charge in [0.25, 0.3) is 0 Å². The predicted octanol–water partition coefficient (Wildman–Crippen LogP) is 3.38. The summed E-state index contributed by atoms with van der Waals surface area (Å²) in [5.74, 6) is -0.513. The van der Waals surface area contributed by atoms with Crippen molar-refractivity contribution in [3.05, 3.63) is 33.9 Å². The van der Waals surface area contributed by atoms with Crippen LogP contribution in [0, 0.1) is 9.65 Å². The molecule has 9 heteroatoms. The second-order valence-corrected chi connectivity index (χ2v) is 4.46. The molecule has 1 aromatic carbocycles. The first-order chi connectivity index (χ1) is 8.83. The molecule has 0 aliphatic carbocycles. The molecule has 0 aliphatic heterocycles. The summed E-state index contributed by atoms with van der Waals surface area (Å²) >= 11 is 1.66. The highest BCUT2D eigenvalue weighted by molar-refractivity contribution is 14.1. The maximum Gasteiger partial charge on any atom is 0.408 e. The summed E-state index contributed by atoms with van der Waals surface area (Å²) in [6.07, 6.45) is -4.45. The van der Waals surface area contributed by atoms with E-state index in [2.05, 4.69) is 10.1 Å². The second kappa shape index (κ2) is 5.31. The van der Waals surface area contributed by atoms with E-state index in [9.17, 15) is 17.6 Å². The van der Waals surface area contributed by atoms with Gasteiger partial charge in [-0.05, 0) is 12.1 Å². The number of ether oxygens (including phenoxy) is 1. The molecule has 0 radical (unpaired) electrons. The third kappa shape index (κ3) is 4.04. The fraction of sp³-hybridized carbons (Fsp3) is 0.200. The van der Waals surface area contributed by atoms with E-state index in [0.29, 0.717) is 4.68 Å². The van der Waals surface area contributed by atoms with Gasteiger partial charge in [-0.15, -0.1) is 5.10 Å². The molecule has 2 aromatic rings. The Hall–Kier alpha value is -1.39. The third-order valence-corrected chi connectivity index (χ3v) is 2.40. The summed E-state index contributed by atoms with van der Waals surface area (Å²) in [6, 6.07) is 4.67. The zero-order valence-electron chi connectivity index (χ0n) is 9.16. The molecule has 0 saturated carbocycles. The van der Waals surface area contributed by atoms with Gasteiger partial charge in [0.1, 0.15) is 18.1 Å². The van der Waals surface area contributed by atoms with Crippen LogP contribution in [0.1, 0.15) is 0 Å². The van der Waals surface area contributed by atoms with Gasteiger partial charge in [0.05, 0.1) is 0 Å². The zero-order chi connectivity index (χ0) is 14.0. The van der Waals surface area contributed by atoms with Crippen LogP contribution in [0.25, 0.3) is 0 Å². The average Bonchev–Trinajstić information content (AvgIpc) is 2.56. The molecule has 0 saturated heterocycles. The van der Waals surface area contributed by atoms with Crippen LogP contribution in [-0.2, 0) is 6.54 Å². The monoisotopic (exact) mass is 387 g/mol. The first-order valence-corrected chi connectivity index (χ1v) is 6.02. The van der Waals surface area contributed by atoms with Crippen molar-refractivity contribution in [1.82, 2.24) is 14.8 Å². The third-order valence-electron chi connectivity index (χ3n) is 1.95. The molecule has 0 amide bonds. The van der Waals surface area contributed by atoms with E-state index in [0.717, 1.165) is 6.07 Å². The lowest BCUT2D eigenvalue weighted by molar-refractivity contribution is -0.143. The fourth-order valence-corrected chi connectivity index (χ4v) is 1.75. The Balaban J connectivity index is 2.25. The Labute approximate surface area is 118 Å². The van der Waals surface area contributed by atoms with Crippen molar-refractivity contribution in [2.24, 2.45) is 0 Å². The zero-order valence-corrected chi connectivity index (χ0v) is 11.3. The number of aromatic nitrogens is 3. The summed E-state index contributed by atoms with van der Waals surface area (Å²) in [6.45, 7) is -1.33. The fourth-order valence-electron chi connectivity index (χ4n) is 1.29. The van der Waals surface area contributed by atoms with Crippen LogP contribution in [0.3, 0.4) is 0 Å². The molecular weight excluding hydrogens is 381 g/mol. The molecule has 0 unspecified atom stereocenters. The lowest BCUT2D eigenvalue weighted by Crippen LogP contribution is -2.19. The van der Waals surface area contributed by atoms with Gasteiger partial charge in [-0.2, -0.15) is 18.2 Å². The Morgan fingerprint density at radius 3 is 2.68 bits per heavy atom. The number of nitrogens with zero attached hydrogens (tertiary/aromatic N) is 3. The van der Waals surface area contributed by atoms with Crippen LogP contribution < -0.4 is 4.74 Å². The van der Waals surface area contributed by atoms with Gasteiger partial charge < -0.3 is 4.74 Å². The van der Waals surface area contributed by atoms with Crippen LogP contribution in [0.15, 0.2) is 24.3 Å². The maximum atomic E-state index is 12.9. The predicted molar refractivity (Wildman–Crippen MR) is 65.3 cm³/mol. The second-order valence-electron chi connectivity index (χ2n) is 3.50. The summed E-state index contributed by atoms with van der Waals surface area (Å²) in [4.78, 5) is 3.71. The molecule has 2 rings (SSSR count). The quantitative estimate of drug-likeness (QED) is 0.599. The SMILES string of the molecule is Fc1cccc(Oc2nc(I)nn2CC(F)(F)F)c1.